The van der Waals surface area contributed by atoms with Crippen molar-refractivity contribution in [3.05, 3.63) is 90.3 Å². The minimum absolute atomic E-state index is 0.0240. The highest BCUT2D eigenvalue weighted by molar-refractivity contribution is 5.86. The Kier molecular flexibility index (Phi) is 5.10. The van der Waals surface area contributed by atoms with Gasteiger partial charge < -0.3 is 4.90 Å². The molecule has 0 aliphatic heterocycles. The first-order valence-corrected chi connectivity index (χ1v) is 9.20. The van der Waals surface area contributed by atoms with Crippen LogP contribution in [-0.4, -0.2) is 38.1 Å². The van der Waals surface area contributed by atoms with Gasteiger partial charge in [0.05, 0.1) is 0 Å². The van der Waals surface area contributed by atoms with Crippen LogP contribution in [0.2, 0.25) is 0 Å². The van der Waals surface area contributed by atoms with Crippen LogP contribution >= 0.6 is 0 Å². The Morgan fingerprint density at radius 1 is 1.00 bits per heavy atom. The van der Waals surface area contributed by atoms with Crippen LogP contribution < -0.4 is 0 Å². The molecule has 4 rings (SSSR count). The number of hydrogen-bond acceptors (Lipinski definition) is 4. The lowest BCUT2D eigenvalue weighted by atomic mass is 10.0. The maximum Gasteiger partial charge on any atom is 0.247 e. The van der Waals surface area contributed by atoms with E-state index in [1.54, 1.807) is 4.90 Å². The summed E-state index contributed by atoms with van der Waals surface area (Å²) >= 11 is 0. The Bertz CT molecular complexity index is 1060. The zero-order chi connectivity index (χ0) is 19.3. The van der Waals surface area contributed by atoms with E-state index in [-0.39, 0.29) is 5.91 Å². The van der Waals surface area contributed by atoms with Crippen LogP contribution in [0.15, 0.2) is 79.1 Å². The molecule has 1 atom stereocenters. The lowest BCUT2D eigenvalue weighted by molar-refractivity contribution is -0.134. The van der Waals surface area contributed by atoms with Crippen molar-refractivity contribution in [2.75, 3.05) is 7.05 Å². The van der Waals surface area contributed by atoms with Gasteiger partial charge in [0.1, 0.15) is 12.4 Å². The highest BCUT2D eigenvalue weighted by Crippen LogP contribution is 2.22. The molecule has 3 aromatic carbocycles. The van der Waals surface area contributed by atoms with Crippen molar-refractivity contribution in [1.29, 1.82) is 0 Å². The average molecular weight is 371 g/mol. The number of nitrogens with zero attached hydrogens (tertiary/aromatic N) is 5. The monoisotopic (exact) mass is 371 g/mol. The van der Waals surface area contributed by atoms with E-state index >= 15 is 0 Å². The van der Waals surface area contributed by atoms with Gasteiger partial charge in [-0.15, -0.1) is 5.10 Å². The van der Waals surface area contributed by atoms with Crippen LogP contribution in [0.3, 0.4) is 0 Å². The fraction of sp³-hybridized carbons (Fsp3) is 0.182. The summed E-state index contributed by atoms with van der Waals surface area (Å²) in [4.78, 5) is 15.0. The second kappa shape index (κ2) is 8.00. The number of carbonyl (C=O) groups excluding carboxylic acids is 1. The molecule has 1 aromatic heterocycles. The van der Waals surface area contributed by atoms with Crippen LogP contribution in [0.4, 0.5) is 0 Å². The van der Waals surface area contributed by atoms with Gasteiger partial charge >= 0.3 is 0 Å². The van der Waals surface area contributed by atoms with Crippen LogP contribution in [0, 0.1) is 0 Å². The number of amides is 1. The van der Waals surface area contributed by atoms with Gasteiger partial charge in [-0.05, 0) is 32.3 Å². The molecule has 0 radical (unpaired) electrons. The molecule has 0 N–H and O–H groups in total. The molecule has 4 aromatic rings. The van der Waals surface area contributed by atoms with E-state index in [1.165, 1.54) is 16.4 Å². The van der Waals surface area contributed by atoms with Crippen LogP contribution in [0.1, 0.15) is 17.2 Å². The number of aromatic nitrogens is 4. The topological polar surface area (TPSA) is 63.9 Å². The zero-order valence-electron chi connectivity index (χ0n) is 15.6. The summed E-state index contributed by atoms with van der Waals surface area (Å²) in [6.07, 6.45) is 2.03. The molecular weight excluding hydrogens is 350 g/mol. The third kappa shape index (κ3) is 3.76. The number of benzene rings is 3. The van der Waals surface area contributed by atoms with Crippen LogP contribution in [0.25, 0.3) is 10.8 Å². The molecule has 0 aliphatic carbocycles. The molecule has 0 spiro atoms. The lowest BCUT2D eigenvalue weighted by Gasteiger charge is -2.24. The second-order valence-corrected chi connectivity index (χ2v) is 6.83. The maximum absolute atomic E-state index is 13.3. The van der Waals surface area contributed by atoms with Crippen molar-refractivity contribution in [1.82, 2.24) is 25.1 Å². The van der Waals surface area contributed by atoms with Crippen molar-refractivity contribution in [3.63, 3.8) is 0 Å². The van der Waals surface area contributed by atoms with Crippen molar-refractivity contribution in [2.45, 2.75) is 19.0 Å². The quantitative estimate of drug-likeness (QED) is 0.522. The second-order valence-electron chi connectivity index (χ2n) is 6.83. The molecule has 0 saturated heterocycles. The predicted octanol–water partition coefficient (Wildman–Crippen LogP) is 3.27. The Balaban J connectivity index is 1.59. The summed E-state index contributed by atoms with van der Waals surface area (Å²) in [6, 6.07) is 23.8. The van der Waals surface area contributed by atoms with Crippen molar-refractivity contribution < 1.29 is 4.79 Å². The first kappa shape index (κ1) is 17.9. The van der Waals surface area contributed by atoms with Gasteiger partial charge in [-0.25, -0.2) is 4.68 Å². The summed E-state index contributed by atoms with van der Waals surface area (Å²) < 4.78 is 1.54. The number of likely N-dealkylation sites (N-methyl/N-ethyl adjacent to an activating group) is 1. The number of tetrazole rings is 1. The van der Waals surface area contributed by atoms with E-state index in [0.29, 0.717) is 13.0 Å². The van der Waals surface area contributed by atoms with Crippen molar-refractivity contribution in [2.24, 2.45) is 0 Å². The van der Waals surface area contributed by atoms with Crippen LogP contribution in [0.5, 0.6) is 0 Å². The van der Waals surface area contributed by atoms with E-state index in [4.69, 9.17) is 0 Å². The first-order chi connectivity index (χ1) is 13.7. The number of rotatable bonds is 6. The predicted molar refractivity (Wildman–Crippen MR) is 107 cm³/mol. The maximum atomic E-state index is 13.3. The molecular formula is C22H21N5O. The minimum Gasteiger partial charge on any atom is -0.340 e. The van der Waals surface area contributed by atoms with Crippen molar-refractivity contribution >= 4 is 16.7 Å². The fourth-order valence-electron chi connectivity index (χ4n) is 3.46. The molecule has 1 amide bonds. The van der Waals surface area contributed by atoms with E-state index in [9.17, 15) is 4.79 Å². The highest BCUT2D eigenvalue weighted by atomic mass is 16.2. The van der Waals surface area contributed by atoms with E-state index in [2.05, 4.69) is 39.8 Å². The van der Waals surface area contributed by atoms with E-state index in [0.717, 1.165) is 16.5 Å². The molecule has 6 nitrogen and oxygen atoms in total. The molecule has 1 unspecified atom stereocenters. The minimum atomic E-state index is -0.489. The third-order valence-corrected chi connectivity index (χ3v) is 4.90. The Morgan fingerprint density at radius 2 is 1.75 bits per heavy atom. The summed E-state index contributed by atoms with van der Waals surface area (Å²) in [5.41, 5.74) is 2.18. The van der Waals surface area contributed by atoms with Gasteiger partial charge in [0.25, 0.3) is 0 Å². The first-order valence-electron chi connectivity index (χ1n) is 9.20. The van der Waals surface area contributed by atoms with Gasteiger partial charge in [0.15, 0.2) is 0 Å². The molecule has 1 heterocycles. The third-order valence-electron chi connectivity index (χ3n) is 4.90. The van der Waals surface area contributed by atoms with Gasteiger partial charge in [0.2, 0.25) is 5.91 Å². The van der Waals surface area contributed by atoms with E-state index in [1.807, 2.05) is 55.6 Å². The number of fused-ring (bicyclic) bond motifs is 1. The number of hydrogen-bond donors (Lipinski definition) is 0. The Hall–Kier alpha value is -3.54. The average Bonchev–Trinajstić information content (AvgIpc) is 3.27. The van der Waals surface area contributed by atoms with E-state index < -0.39 is 6.04 Å². The Labute approximate surface area is 163 Å². The SMILES string of the molecule is CN(Cc1cccc2ccccc12)C(=O)C(Cc1ccccc1)n1cnnn1. The van der Waals surface area contributed by atoms with Gasteiger partial charge in [-0.3, -0.25) is 4.79 Å². The molecule has 6 heteroatoms. The number of carbonyl (C=O) groups is 1. The molecule has 0 fully saturated rings. The van der Waals surface area contributed by atoms with Gasteiger partial charge in [0, 0.05) is 20.0 Å². The largest absolute Gasteiger partial charge is 0.340 e. The molecule has 140 valence electrons. The van der Waals surface area contributed by atoms with Gasteiger partial charge in [-0.2, -0.15) is 0 Å². The molecule has 28 heavy (non-hydrogen) atoms. The Morgan fingerprint density at radius 3 is 2.54 bits per heavy atom. The van der Waals surface area contributed by atoms with Crippen molar-refractivity contribution in [3.8, 4) is 0 Å². The standard InChI is InChI=1S/C22H21N5O/c1-26(15-19-12-7-11-18-10-5-6-13-20(18)19)22(28)21(27-16-23-24-25-27)14-17-8-3-2-4-9-17/h2-13,16,21H,14-15H2,1H3. The van der Waals surface area contributed by atoms with Crippen LogP contribution in [-0.2, 0) is 17.8 Å². The molecule has 0 bridgehead atoms. The summed E-state index contributed by atoms with van der Waals surface area (Å²) in [7, 11) is 1.83. The summed E-state index contributed by atoms with van der Waals surface area (Å²) in [5.74, 6) is -0.0240. The fourth-order valence-corrected chi connectivity index (χ4v) is 3.46. The highest BCUT2D eigenvalue weighted by Gasteiger charge is 2.25. The smallest absolute Gasteiger partial charge is 0.247 e. The molecule has 0 saturated carbocycles. The normalized spacial score (nSPS) is 12.0. The lowest BCUT2D eigenvalue weighted by Crippen LogP contribution is -2.35. The van der Waals surface area contributed by atoms with Gasteiger partial charge in [-0.1, -0.05) is 72.8 Å². The molecule has 0 aliphatic rings. The zero-order valence-corrected chi connectivity index (χ0v) is 15.6. The summed E-state index contributed by atoms with van der Waals surface area (Å²) in [5, 5.41) is 13.7. The summed E-state index contributed by atoms with van der Waals surface area (Å²) in [6.45, 7) is 0.521.